The maximum Gasteiger partial charge on any atom is 0.237 e. The molecule has 0 unspecified atom stereocenters. The highest BCUT2D eigenvalue weighted by atomic mass is 35.5. The van der Waals surface area contributed by atoms with Crippen molar-refractivity contribution in [2.24, 2.45) is 0 Å². The molecule has 1 aliphatic heterocycles. The summed E-state index contributed by atoms with van der Waals surface area (Å²) in [6, 6.07) is 15.0. The molecular weight excluding hydrogens is 453 g/mol. The molecule has 0 saturated carbocycles. The van der Waals surface area contributed by atoms with Crippen molar-refractivity contribution in [1.29, 1.82) is 0 Å². The van der Waals surface area contributed by atoms with Gasteiger partial charge in [0.05, 0.1) is 22.5 Å². The number of nitrogens with zero attached hydrogens (tertiary/aromatic N) is 4. The Bertz CT molecular complexity index is 1050. The first-order valence-electron chi connectivity index (χ1n) is 10.2. The highest BCUT2D eigenvalue weighted by molar-refractivity contribution is 8.00. The number of hydrogen-bond acceptors (Lipinski definition) is 5. The van der Waals surface area contributed by atoms with Crippen molar-refractivity contribution in [3.8, 4) is 5.69 Å². The van der Waals surface area contributed by atoms with E-state index in [1.54, 1.807) is 18.2 Å². The molecule has 1 amide bonds. The number of amides is 1. The van der Waals surface area contributed by atoms with Crippen LogP contribution in [0.5, 0.6) is 0 Å². The van der Waals surface area contributed by atoms with E-state index in [4.69, 9.17) is 23.2 Å². The molecule has 1 aliphatic rings. The van der Waals surface area contributed by atoms with E-state index in [0.717, 1.165) is 31.1 Å². The van der Waals surface area contributed by atoms with Crippen molar-refractivity contribution < 1.29 is 4.79 Å². The minimum absolute atomic E-state index is 0.183. The van der Waals surface area contributed by atoms with Gasteiger partial charge in [0.2, 0.25) is 5.91 Å². The largest absolute Gasteiger partial charge is 0.324 e. The van der Waals surface area contributed by atoms with Crippen LogP contribution in [-0.2, 0) is 11.3 Å². The first kappa shape index (κ1) is 22.1. The van der Waals surface area contributed by atoms with Crippen molar-refractivity contribution in [2.75, 3.05) is 18.4 Å². The number of thioether (sulfide) groups is 1. The summed E-state index contributed by atoms with van der Waals surface area (Å²) in [5.41, 5.74) is 1.47. The second-order valence-corrected chi connectivity index (χ2v) is 9.58. The molecule has 1 fully saturated rings. The minimum Gasteiger partial charge on any atom is -0.324 e. The Balaban J connectivity index is 1.55. The van der Waals surface area contributed by atoms with Gasteiger partial charge in [0.1, 0.15) is 0 Å². The molecular formula is C22H23Cl2N5OS. The Hall–Kier alpha value is -2.06. The number of anilines is 1. The third kappa shape index (κ3) is 5.41. The SMILES string of the molecule is C[C@H](Sc1nnc(CN2CCCC2)n1-c1ccccc1)C(=O)Nc1cc(Cl)ccc1Cl. The molecule has 1 saturated heterocycles. The fraction of sp³-hybridized carbons (Fsp3) is 0.318. The number of likely N-dealkylation sites (tertiary alicyclic amines) is 1. The molecule has 1 aromatic heterocycles. The van der Waals surface area contributed by atoms with E-state index in [1.165, 1.54) is 24.6 Å². The van der Waals surface area contributed by atoms with Crippen molar-refractivity contribution in [3.63, 3.8) is 0 Å². The Morgan fingerprint density at radius 2 is 1.87 bits per heavy atom. The highest BCUT2D eigenvalue weighted by Gasteiger charge is 2.23. The quantitative estimate of drug-likeness (QED) is 0.470. The lowest BCUT2D eigenvalue weighted by Gasteiger charge is -2.17. The van der Waals surface area contributed by atoms with Gasteiger partial charge in [-0.05, 0) is 63.2 Å². The van der Waals surface area contributed by atoms with Crippen LogP contribution in [0.15, 0.2) is 53.7 Å². The summed E-state index contributed by atoms with van der Waals surface area (Å²) >= 11 is 13.6. The smallest absolute Gasteiger partial charge is 0.237 e. The summed E-state index contributed by atoms with van der Waals surface area (Å²) in [4.78, 5) is 15.2. The van der Waals surface area contributed by atoms with Crippen LogP contribution in [0.25, 0.3) is 5.69 Å². The zero-order valence-corrected chi connectivity index (χ0v) is 19.4. The summed E-state index contributed by atoms with van der Waals surface area (Å²) in [5, 5.41) is 12.9. The van der Waals surface area contributed by atoms with Gasteiger partial charge in [-0.3, -0.25) is 14.3 Å². The highest BCUT2D eigenvalue weighted by Crippen LogP contribution is 2.29. The first-order valence-corrected chi connectivity index (χ1v) is 11.8. The normalized spacial score (nSPS) is 15.2. The Morgan fingerprint density at radius 1 is 1.13 bits per heavy atom. The number of rotatable bonds is 7. The van der Waals surface area contributed by atoms with E-state index in [1.807, 2.05) is 41.8 Å². The van der Waals surface area contributed by atoms with E-state index in [-0.39, 0.29) is 5.91 Å². The number of nitrogens with one attached hydrogen (secondary N) is 1. The van der Waals surface area contributed by atoms with Crippen molar-refractivity contribution in [2.45, 2.75) is 36.7 Å². The molecule has 0 bridgehead atoms. The fourth-order valence-electron chi connectivity index (χ4n) is 3.50. The number of carbonyl (C=O) groups excluding carboxylic acids is 1. The number of benzene rings is 2. The van der Waals surface area contributed by atoms with Gasteiger partial charge in [-0.15, -0.1) is 10.2 Å². The number of carbonyl (C=O) groups is 1. The molecule has 2 aromatic carbocycles. The average Bonchev–Trinajstić information content (AvgIpc) is 3.41. The first-order chi connectivity index (χ1) is 15.0. The standard InChI is InChI=1S/C22H23Cl2N5OS/c1-15(21(30)25-19-13-16(23)9-10-18(19)24)31-22-27-26-20(14-28-11-5-6-12-28)29(22)17-7-3-2-4-8-17/h2-4,7-10,13,15H,5-6,11-12,14H2,1H3,(H,25,30)/t15-/m0/s1. The summed E-state index contributed by atoms with van der Waals surface area (Å²) in [6.07, 6.45) is 2.43. The van der Waals surface area contributed by atoms with Gasteiger partial charge in [-0.2, -0.15) is 0 Å². The van der Waals surface area contributed by atoms with Gasteiger partial charge in [0, 0.05) is 10.7 Å². The molecule has 0 aliphatic carbocycles. The van der Waals surface area contributed by atoms with Crippen molar-refractivity contribution in [3.05, 3.63) is 64.4 Å². The molecule has 9 heteroatoms. The van der Waals surface area contributed by atoms with Crippen LogP contribution in [0.1, 0.15) is 25.6 Å². The lowest BCUT2D eigenvalue weighted by atomic mass is 10.3. The third-order valence-corrected chi connectivity index (χ3v) is 6.72. The Morgan fingerprint density at radius 3 is 2.61 bits per heavy atom. The molecule has 0 radical (unpaired) electrons. The monoisotopic (exact) mass is 475 g/mol. The van der Waals surface area contributed by atoms with Crippen LogP contribution < -0.4 is 5.32 Å². The lowest BCUT2D eigenvalue weighted by molar-refractivity contribution is -0.115. The van der Waals surface area contributed by atoms with Gasteiger partial charge in [0.25, 0.3) is 0 Å². The summed E-state index contributed by atoms with van der Waals surface area (Å²) in [5.74, 6) is 0.693. The molecule has 3 aromatic rings. The van der Waals surface area contributed by atoms with E-state index < -0.39 is 5.25 Å². The number of aromatic nitrogens is 3. The molecule has 31 heavy (non-hydrogen) atoms. The lowest BCUT2D eigenvalue weighted by Crippen LogP contribution is -2.23. The maximum atomic E-state index is 12.8. The molecule has 1 N–H and O–H groups in total. The van der Waals surface area contributed by atoms with Gasteiger partial charge >= 0.3 is 0 Å². The van der Waals surface area contributed by atoms with E-state index >= 15 is 0 Å². The second kappa shape index (κ2) is 10.0. The fourth-order valence-corrected chi connectivity index (χ4v) is 4.72. The van der Waals surface area contributed by atoms with E-state index in [2.05, 4.69) is 20.4 Å². The topological polar surface area (TPSA) is 63.1 Å². The molecule has 0 spiro atoms. The third-order valence-electron chi connectivity index (χ3n) is 5.12. The summed E-state index contributed by atoms with van der Waals surface area (Å²) < 4.78 is 2.04. The van der Waals surface area contributed by atoms with Crippen LogP contribution in [0.4, 0.5) is 5.69 Å². The van der Waals surface area contributed by atoms with Gasteiger partial charge in [-0.25, -0.2) is 0 Å². The molecule has 6 nitrogen and oxygen atoms in total. The summed E-state index contributed by atoms with van der Waals surface area (Å²) in [6.45, 7) is 4.72. The number of halogens is 2. The summed E-state index contributed by atoms with van der Waals surface area (Å²) in [7, 11) is 0. The number of para-hydroxylation sites is 1. The van der Waals surface area contributed by atoms with E-state index in [9.17, 15) is 4.79 Å². The van der Waals surface area contributed by atoms with Crippen molar-refractivity contribution in [1.82, 2.24) is 19.7 Å². The maximum absolute atomic E-state index is 12.8. The molecule has 1 atom stereocenters. The van der Waals surface area contributed by atoms with Gasteiger partial charge < -0.3 is 5.32 Å². The van der Waals surface area contributed by atoms with Gasteiger partial charge in [-0.1, -0.05) is 53.2 Å². The van der Waals surface area contributed by atoms with Crippen LogP contribution in [0.2, 0.25) is 10.0 Å². The Kier molecular flexibility index (Phi) is 7.17. The number of hydrogen-bond donors (Lipinski definition) is 1. The van der Waals surface area contributed by atoms with Crippen LogP contribution in [0.3, 0.4) is 0 Å². The van der Waals surface area contributed by atoms with Crippen LogP contribution >= 0.6 is 35.0 Å². The predicted molar refractivity (Wildman–Crippen MR) is 126 cm³/mol. The predicted octanol–water partition coefficient (Wildman–Crippen LogP) is 5.29. The average molecular weight is 476 g/mol. The molecule has 4 rings (SSSR count). The van der Waals surface area contributed by atoms with Gasteiger partial charge in [0.15, 0.2) is 11.0 Å². The molecule has 162 valence electrons. The van der Waals surface area contributed by atoms with Crippen LogP contribution in [-0.4, -0.2) is 43.9 Å². The minimum atomic E-state index is -0.415. The van der Waals surface area contributed by atoms with Crippen LogP contribution in [0, 0.1) is 0 Å². The van der Waals surface area contributed by atoms with Crippen molar-refractivity contribution >= 4 is 46.6 Å². The zero-order chi connectivity index (χ0) is 21.8. The molecule has 2 heterocycles. The van der Waals surface area contributed by atoms with E-state index in [0.29, 0.717) is 20.9 Å². The second-order valence-electron chi connectivity index (χ2n) is 7.43. The zero-order valence-electron chi connectivity index (χ0n) is 17.1. The Labute approximate surface area is 195 Å².